The summed E-state index contributed by atoms with van der Waals surface area (Å²) in [5.41, 5.74) is 1.22. The maximum Gasteiger partial charge on any atom is 0.261 e. The Balaban J connectivity index is 1.36. The van der Waals surface area contributed by atoms with Crippen molar-refractivity contribution in [2.75, 3.05) is 18.0 Å². The summed E-state index contributed by atoms with van der Waals surface area (Å²) in [6.07, 6.45) is 3.42. The zero-order valence-corrected chi connectivity index (χ0v) is 16.9. The van der Waals surface area contributed by atoms with Gasteiger partial charge >= 0.3 is 0 Å². The molecule has 0 atom stereocenters. The molecule has 0 aliphatic carbocycles. The summed E-state index contributed by atoms with van der Waals surface area (Å²) in [6, 6.07) is 6.18. The van der Waals surface area contributed by atoms with E-state index in [1.165, 1.54) is 24.5 Å². The van der Waals surface area contributed by atoms with Crippen LogP contribution < -0.4 is 10.5 Å². The number of aryl methyl sites for hydroxylation is 2. The number of fused-ring (bicyclic) bond motifs is 2. The first-order valence-corrected chi connectivity index (χ1v) is 10.1. The molecule has 3 aromatic heterocycles. The van der Waals surface area contributed by atoms with Gasteiger partial charge < -0.3 is 4.90 Å². The highest BCUT2D eigenvalue weighted by Gasteiger charge is 2.23. The van der Waals surface area contributed by atoms with E-state index in [0.29, 0.717) is 35.0 Å². The highest BCUT2D eigenvalue weighted by atomic mass is 19.1. The summed E-state index contributed by atoms with van der Waals surface area (Å²) < 4.78 is 17.0. The number of rotatable bonds is 3. The van der Waals surface area contributed by atoms with E-state index in [1.54, 1.807) is 9.08 Å². The van der Waals surface area contributed by atoms with Gasteiger partial charge in [0.2, 0.25) is 0 Å². The Morgan fingerprint density at radius 1 is 1.13 bits per heavy atom. The summed E-state index contributed by atoms with van der Waals surface area (Å²) >= 11 is 0. The lowest BCUT2D eigenvalue weighted by Crippen LogP contribution is -2.38. The van der Waals surface area contributed by atoms with Crippen LogP contribution in [0.2, 0.25) is 0 Å². The fraction of sp³-hybridized carbons (Fsp3) is 0.381. The average molecular weight is 407 g/mol. The Kier molecular flexibility index (Phi) is 4.45. The third-order valence-corrected chi connectivity index (χ3v) is 5.85. The molecule has 5 rings (SSSR count). The molecular weight excluding hydrogens is 385 g/mol. The quantitative estimate of drug-likeness (QED) is 0.519. The number of benzene rings is 1. The fourth-order valence-corrected chi connectivity index (χ4v) is 4.26. The molecule has 4 heterocycles. The van der Waals surface area contributed by atoms with Crippen molar-refractivity contribution in [3.8, 4) is 0 Å². The lowest BCUT2D eigenvalue weighted by Gasteiger charge is -2.33. The first-order valence-electron chi connectivity index (χ1n) is 10.1. The van der Waals surface area contributed by atoms with Crippen molar-refractivity contribution in [1.82, 2.24) is 29.1 Å². The Labute approximate surface area is 172 Å². The minimum Gasteiger partial charge on any atom is -0.356 e. The molecule has 1 aliphatic heterocycles. The van der Waals surface area contributed by atoms with Crippen molar-refractivity contribution in [2.45, 2.75) is 33.2 Å². The van der Waals surface area contributed by atoms with Crippen LogP contribution in [0, 0.1) is 25.6 Å². The highest BCUT2D eigenvalue weighted by molar-refractivity contribution is 5.77. The SMILES string of the molecule is Cc1cc(N2CCC(Cn3c(C)nc4cc(F)ccc4c3=O)CC2)n2ncnc2n1. The maximum absolute atomic E-state index is 13.5. The second kappa shape index (κ2) is 7.16. The van der Waals surface area contributed by atoms with Crippen LogP contribution in [0.25, 0.3) is 16.7 Å². The van der Waals surface area contributed by atoms with Gasteiger partial charge in [0, 0.05) is 37.5 Å². The van der Waals surface area contributed by atoms with Gasteiger partial charge in [-0.2, -0.15) is 14.6 Å². The number of anilines is 1. The smallest absolute Gasteiger partial charge is 0.261 e. The second-order valence-electron chi connectivity index (χ2n) is 7.89. The lowest BCUT2D eigenvalue weighted by atomic mass is 9.96. The molecule has 4 aromatic rings. The molecular formula is C21H22FN7O. The van der Waals surface area contributed by atoms with Crippen LogP contribution in [-0.2, 0) is 6.54 Å². The third kappa shape index (κ3) is 3.20. The summed E-state index contributed by atoms with van der Waals surface area (Å²) in [7, 11) is 0. The number of aromatic nitrogens is 6. The van der Waals surface area contributed by atoms with Crippen LogP contribution in [0.1, 0.15) is 24.4 Å². The predicted octanol–water partition coefficient (Wildman–Crippen LogP) is 2.51. The lowest BCUT2D eigenvalue weighted by molar-refractivity contribution is 0.347. The van der Waals surface area contributed by atoms with Crippen molar-refractivity contribution in [3.63, 3.8) is 0 Å². The van der Waals surface area contributed by atoms with E-state index in [1.807, 2.05) is 19.9 Å². The standard InChI is InChI=1S/C21H22FN7O/c1-13-9-19(29-21(25-13)23-12-24-29)27-7-5-15(6-8-27)11-28-14(2)26-18-10-16(22)3-4-17(18)20(28)30/h3-4,9-10,12,15H,5-8,11H2,1-2H3. The van der Waals surface area contributed by atoms with Gasteiger partial charge in [-0.05, 0) is 44.7 Å². The zero-order valence-electron chi connectivity index (χ0n) is 16.9. The van der Waals surface area contributed by atoms with Gasteiger partial charge in [-0.15, -0.1) is 0 Å². The van der Waals surface area contributed by atoms with Crippen LogP contribution >= 0.6 is 0 Å². The molecule has 0 amide bonds. The largest absolute Gasteiger partial charge is 0.356 e. The van der Waals surface area contributed by atoms with Crippen molar-refractivity contribution < 1.29 is 4.39 Å². The van der Waals surface area contributed by atoms with Crippen LogP contribution in [0.4, 0.5) is 10.2 Å². The normalized spacial score (nSPS) is 15.4. The molecule has 1 saturated heterocycles. The average Bonchev–Trinajstić information content (AvgIpc) is 3.19. The van der Waals surface area contributed by atoms with Gasteiger partial charge in [0.05, 0.1) is 10.9 Å². The predicted molar refractivity (Wildman–Crippen MR) is 111 cm³/mol. The Morgan fingerprint density at radius 2 is 1.93 bits per heavy atom. The minimum atomic E-state index is -0.383. The summed E-state index contributed by atoms with van der Waals surface area (Å²) in [6.45, 7) is 6.11. The van der Waals surface area contributed by atoms with Crippen molar-refractivity contribution in [2.24, 2.45) is 5.92 Å². The molecule has 0 radical (unpaired) electrons. The topological polar surface area (TPSA) is 81.2 Å². The van der Waals surface area contributed by atoms with Gasteiger partial charge in [0.15, 0.2) is 0 Å². The van der Waals surface area contributed by atoms with E-state index in [-0.39, 0.29) is 11.4 Å². The van der Waals surface area contributed by atoms with E-state index in [4.69, 9.17) is 0 Å². The van der Waals surface area contributed by atoms with Gasteiger partial charge in [0.25, 0.3) is 11.3 Å². The first kappa shape index (κ1) is 18.7. The molecule has 1 aromatic carbocycles. The van der Waals surface area contributed by atoms with Crippen LogP contribution in [0.5, 0.6) is 0 Å². The zero-order chi connectivity index (χ0) is 20.8. The Hall–Kier alpha value is -3.36. The van der Waals surface area contributed by atoms with Crippen molar-refractivity contribution in [1.29, 1.82) is 0 Å². The van der Waals surface area contributed by atoms with E-state index in [9.17, 15) is 9.18 Å². The van der Waals surface area contributed by atoms with Crippen molar-refractivity contribution in [3.05, 3.63) is 58.3 Å². The summed E-state index contributed by atoms with van der Waals surface area (Å²) in [5.74, 6) is 2.21. The fourth-order valence-electron chi connectivity index (χ4n) is 4.26. The molecule has 8 nitrogen and oxygen atoms in total. The monoisotopic (exact) mass is 407 g/mol. The van der Waals surface area contributed by atoms with E-state index in [2.05, 4.69) is 25.0 Å². The molecule has 0 bridgehead atoms. The summed E-state index contributed by atoms with van der Waals surface area (Å²) in [5, 5.41) is 4.76. The number of hydrogen-bond acceptors (Lipinski definition) is 6. The molecule has 154 valence electrons. The van der Waals surface area contributed by atoms with Crippen molar-refractivity contribution >= 4 is 22.5 Å². The Bertz CT molecular complexity index is 1300. The van der Waals surface area contributed by atoms with E-state index < -0.39 is 0 Å². The van der Waals surface area contributed by atoms with E-state index in [0.717, 1.165) is 37.4 Å². The van der Waals surface area contributed by atoms with E-state index >= 15 is 0 Å². The van der Waals surface area contributed by atoms with Crippen LogP contribution in [0.3, 0.4) is 0 Å². The van der Waals surface area contributed by atoms with Gasteiger partial charge in [0.1, 0.15) is 23.8 Å². The summed E-state index contributed by atoms with van der Waals surface area (Å²) in [4.78, 5) is 28.3. The number of piperidine rings is 1. The minimum absolute atomic E-state index is 0.103. The van der Waals surface area contributed by atoms with Crippen LogP contribution in [0.15, 0.2) is 35.4 Å². The van der Waals surface area contributed by atoms with Gasteiger partial charge in [-0.25, -0.2) is 14.4 Å². The molecule has 0 N–H and O–H groups in total. The molecule has 0 saturated carbocycles. The molecule has 1 fully saturated rings. The van der Waals surface area contributed by atoms with Gasteiger partial charge in [-0.1, -0.05) is 0 Å². The number of hydrogen-bond donors (Lipinski definition) is 0. The molecule has 9 heteroatoms. The molecule has 1 aliphatic rings. The molecule has 0 unspecified atom stereocenters. The molecule has 0 spiro atoms. The first-order chi connectivity index (χ1) is 14.5. The second-order valence-corrected chi connectivity index (χ2v) is 7.89. The highest BCUT2D eigenvalue weighted by Crippen LogP contribution is 2.25. The van der Waals surface area contributed by atoms with Gasteiger partial charge in [-0.3, -0.25) is 9.36 Å². The van der Waals surface area contributed by atoms with Crippen LogP contribution in [-0.4, -0.2) is 42.2 Å². The number of halogens is 1. The number of nitrogens with zero attached hydrogens (tertiary/aromatic N) is 7. The molecule has 30 heavy (non-hydrogen) atoms. The maximum atomic E-state index is 13.5. The Morgan fingerprint density at radius 3 is 2.73 bits per heavy atom. The third-order valence-electron chi connectivity index (χ3n) is 5.85.